The van der Waals surface area contributed by atoms with Gasteiger partial charge in [-0.15, -0.1) is 0 Å². The topological polar surface area (TPSA) is 29.9 Å². The van der Waals surface area contributed by atoms with Crippen LogP contribution in [0.2, 0.25) is 0 Å². The Hall–Kier alpha value is -0.830. The van der Waals surface area contributed by atoms with Crippen LogP contribution in [0.25, 0.3) is 0 Å². The Morgan fingerprint density at radius 1 is 1.44 bits per heavy atom. The van der Waals surface area contributed by atoms with Crippen molar-refractivity contribution in [1.29, 1.82) is 0 Å². The Morgan fingerprint density at radius 3 is 2.62 bits per heavy atom. The van der Waals surface area contributed by atoms with Crippen LogP contribution in [0.4, 0.5) is 0 Å². The van der Waals surface area contributed by atoms with Gasteiger partial charge in [0, 0.05) is 19.3 Å². The van der Waals surface area contributed by atoms with Gasteiger partial charge in [-0.1, -0.05) is 27.7 Å². The highest BCUT2D eigenvalue weighted by molar-refractivity contribution is 5.06. The first-order valence-corrected chi connectivity index (χ1v) is 6.10. The molecule has 0 aliphatic carbocycles. The van der Waals surface area contributed by atoms with Crippen LogP contribution < -0.4 is 5.32 Å². The maximum atomic E-state index is 4.21. The number of hydrogen-bond acceptors (Lipinski definition) is 2. The summed E-state index contributed by atoms with van der Waals surface area (Å²) in [5.74, 6) is 0. The van der Waals surface area contributed by atoms with E-state index < -0.39 is 0 Å². The molecule has 0 bridgehead atoms. The third kappa shape index (κ3) is 4.79. The first kappa shape index (κ1) is 13.2. The average Bonchev–Trinajstić information content (AvgIpc) is 2.48. The van der Waals surface area contributed by atoms with Crippen molar-refractivity contribution in [3.8, 4) is 0 Å². The van der Waals surface area contributed by atoms with E-state index in [-0.39, 0.29) is 0 Å². The smallest absolute Gasteiger partial charge is 0.0521 e. The fourth-order valence-corrected chi connectivity index (χ4v) is 1.90. The van der Waals surface area contributed by atoms with Crippen LogP contribution >= 0.6 is 0 Å². The van der Waals surface area contributed by atoms with Gasteiger partial charge in [0.25, 0.3) is 0 Å². The van der Waals surface area contributed by atoms with Gasteiger partial charge in [-0.3, -0.25) is 4.68 Å². The van der Waals surface area contributed by atoms with Gasteiger partial charge < -0.3 is 5.32 Å². The number of rotatable bonds is 6. The van der Waals surface area contributed by atoms with Crippen molar-refractivity contribution < 1.29 is 0 Å². The molecule has 3 nitrogen and oxygen atoms in total. The molecular weight excluding hydrogens is 198 g/mol. The summed E-state index contributed by atoms with van der Waals surface area (Å²) in [6.07, 6.45) is 6.37. The van der Waals surface area contributed by atoms with Crippen LogP contribution in [-0.4, -0.2) is 22.4 Å². The third-order valence-corrected chi connectivity index (χ3v) is 2.80. The highest BCUT2D eigenvalue weighted by Gasteiger charge is 2.18. The lowest BCUT2D eigenvalue weighted by atomic mass is 9.83. The van der Waals surface area contributed by atoms with Crippen molar-refractivity contribution >= 4 is 0 Å². The molecule has 0 atom stereocenters. The van der Waals surface area contributed by atoms with Gasteiger partial charge in [-0.25, -0.2) is 0 Å². The maximum absolute atomic E-state index is 4.21. The second-order valence-corrected chi connectivity index (χ2v) is 5.72. The van der Waals surface area contributed by atoms with E-state index in [1.54, 1.807) is 0 Å². The predicted molar refractivity (Wildman–Crippen MR) is 68.4 cm³/mol. The lowest BCUT2D eigenvalue weighted by Gasteiger charge is -2.24. The quantitative estimate of drug-likeness (QED) is 0.802. The van der Waals surface area contributed by atoms with Crippen LogP contribution in [0.5, 0.6) is 0 Å². The normalized spacial score (nSPS) is 12.4. The molecule has 92 valence electrons. The molecule has 0 fully saturated rings. The SMILES string of the molecule is CC(C)NCCC(C)(C)Cc1cnn(C)c1. The molecule has 0 aliphatic heterocycles. The molecule has 0 aliphatic rings. The van der Waals surface area contributed by atoms with E-state index in [2.05, 4.69) is 44.3 Å². The molecule has 0 spiro atoms. The summed E-state index contributed by atoms with van der Waals surface area (Å²) in [5.41, 5.74) is 1.67. The van der Waals surface area contributed by atoms with Crippen LogP contribution in [0.3, 0.4) is 0 Å². The Morgan fingerprint density at radius 2 is 2.12 bits per heavy atom. The summed E-state index contributed by atoms with van der Waals surface area (Å²) in [5, 5.41) is 7.68. The molecule has 0 amide bonds. The first-order valence-electron chi connectivity index (χ1n) is 6.10. The van der Waals surface area contributed by atoms with Crippen molar-refractivity contribution in [2.75, 3.05) is 6.54 Å². The van der Waals surface area contributed by atoms with E-state index >= 15 is 0 Å². The van der Waals surface area contributed by atoms with E-state index in [4.69, 9.17) is 0 Å². The van der Waals surface area contributed by atoms with E-state index in [9.17, 15) is 0 Å². The molecule has 0 unspecified atom stereocenters. The van der Waals surface area contributed by atoms with Gasteiger partial charge in [0.05, 0.1) is 6.20 Å². The predicted octanol–water partition coefficient (Wildman–Crippen LogP) is 2.38. The molecule has 1 rings (SSSR count). The monoisotopic (exact) mass is 223 g/mol. The fourth-order valence-electron chi connectivity index (χ4n) is 1.90. The Balaban J connectivity index is 2.39. The minimum atomic E-state index is 0.338. The molecule has 0 aromatic carbocycles. The van der Waals surface area contributed by atoms with Crippen LogP contribution in [-0.2, 0) is 13.5 Å². The standard InChI is InChI=1S/C13H25N3/c1-11(2)14-7-6-13(3,4)8-12-9-15-16(5)10-12/h9-11,14H,6-8H2,1-5H3. The van der Waals surface area contributed by atoms with Crippen molar-refractivity contribution in [3.63, 3.8) is 0 Å². The van der Waals surface area contributed by atoms with Crippen molar-refractivity contribution in [2.24, 2.45) is 12.5 Å². The molecule has 0 radical (unpaired) electrons. The van der Waals surface area contributed by atoms with E-state index in [1.807, 2.05) is 17.9 Å². The second kappa shape index (κ2) is 5.48. The number of nitrogens with zero attached hydrogens (tertiary/aromatic N) is 2. The summed E-state index contributed by atoms with van der Waals surface area (Å²) in [6, 6.07) is 0.578. The van der Waals surface area contributed by atoms with E-state index in [0.29, 0.717) is 11.5 Å². The zero-order chi connectivity index (χ0) is 12.2. The second-order valence-electron chi connectivity index (χ2n) is 5.72. The van der Waals surface area contributed by atoms with Crippen molar-refractivity contribution in [2.45, 2.75) is 46.6 Å². The van der Waals surface area contributed by atoms with Gasteiger partial charge in [-0.05, 0) is 30.4 Å². The molecule has 3 heteroatoms. The summed E-state index contributed by atoms with van der Waals surface area (Å²) in [4.78, 5) is 0. The molecule has 0 saturated carbocycles. The van der Waals surface area contributed by atoms with Gasteiger partial charge in [0.2, 0.25) is 0 Å². The van der Waals surface area contributed by atoms with E-state index in [0.717, 1.165) is 13.0 Å². The molecule has 16 heavy (non-hydrogen) atoms. The number of aromatic nitrogens is 2. The summed E-state index contributed by atoms with van der Waals surface area (Å²) < 4.78 is 1.87. The zero-order valence-electron chi connectivity index (χ0n) is 11.2. The maximum Gasteiger partial charge on any atom is 0.0521 e. The summed E-state index contributed by atoms with van der Waals surface area (Å²) in [7, 11) is 1.97. The molecule has 1 aromatic rings. The third-order valence-electron chi connectivity index (χ3n) is 2.80. The van der Waals surface area contributed by atoms with E-state index in [1.165, 1.54) is 12.0 Å². The number of hydrogen-bond donors (Lipinski definition) is 1. The molecule has 1 N–H and O–H groups in total. The Bertz CT molecular complexity index is 313. The Labute approximate surface area is 99.2 Å². The van der Waals surface area contributed by atoms with Crippen LogP contribution in [0, 0.1) is 5.41 Å². The first-order chi connectivity index (χ1) is 7.39. The lowest BCUT2D eigenvalue weighted by Crippen LogP contribution is -2.28. The molecule has 1 heterocycles. The van der Waals surface area contributed by atoms with Crippen molar-refractivity contribution in [1.82, 2.24) is 15.1 Å². The highest BCUT2D eigenvalue weighted by atomic mass is 15.2. The molecule has 1 aromatic heterocycles. The largest absolute Gasteiger partial charge is 0.315 e. The van der Waals surface area contributed by atoms with Gasteiger partial charge in [0.15, 0.2) is 0 Å². The minimum Gasteiger partial charge on any atom is -0.315 e. The summed E-state index contributed by atoms with van der Waals surface area (Å²) >= 11 is 0. The average molecular weight is 223 g/mol. The van der Waals surface area contributed by atoms with Gasteiger partial charge in [-0.2, -0.15) is 5.10 Å². The lowest BCUT2D eigenvalue weighted by molar-refractivity contribution is 0.320. The molecular formula is C13H25N3. The van der Waals surface area contributed by atoms with Gasteiger partial charge in [0.1, 0.15) is 0 Å². The van der Waals surface area contributed by atoms with Crippen LogP contribution in [0.15, 0.2) is 12.4 Å². The van der Waals surface area contributed by atoms with Crippen molar-refractivity contribution in [3.05, 3.63) is 18.0 Å². The minimum absolute atomic E-state index is 0.338. The fraction of sp³-hybridized carbons (Fsp3) is 0.769. The number of aryl methyl sites for hydroxylation is 1. The van der Waals surface area contributed by atoms with Gasteiger partial charge >= 0.3 is 0 Å². The van der Waals surface area contributed by atoms with Crippen LogP contribution in [0.1, 0.15) is 39.7 Å². The zero-order valence-corrected chi connectivity index (χ0v) is 11.2. The highest BCUT2D eigenvalue weighted by Crippen LogP contribution is 2.25. The number of nitrogens with one attached hydrogen (secondary N) is 1. The summed E-state index contributed by atoms with van der Waals surface area (Å²) in [6.45, 7) is 10.1. The molecule has 0 saturated heterocycles. The Kier molecular flexibility index (Phi) is 4.54.